The predicted molar refractivity (Wildman–Crippen MR) is 74.0 cm³/mol. The summed E-state index contributed by atoms with van der Waals surface area (Å²) in [7, 11) is 0. The molecule has 0 aromatic carbocycles. The first kappa shape index (κ1) is 36.4. The van der Waals surface area contributed by atoms with E-state index >= 15 is 0 Å². The number of pyridine rings is 1. The topological polar surface area (TPSA) is 12.9 Å². The zero-order valence-electron chi connectivity index (χ0n) is 17.4. The van der Waals surface area contributed by atoms with Gasteiger partial charge in [0.25, 0.3) is 0 Å². The zero-order chi connectivity index (χ0) is 33.6. The maximum atomic E-state index is 14.1. The summed E-state index contributed by atoms with van der Waals surface area (Å²) in [4.78, 5) is 0.464. The molecule has 41 heavy (non-hydrogen) atoms. The lowest BCUT2D eigenvalue weighted by molar-refractivity contribution is -0.317. The van der Waals surface area contributed by atoms with Crippen molar-refractivity contribution in [1.82, 2.24) is 4.98 Å². The molecule has 0 N–H and O–H groups in total. The van der Waals surface area contributed by atoms with Gasteiger partial charge in [-0.25, -0.2) is 4.98 Å². The molecular formula is C15F25N. The van der Waals surface area contributed by atoms with Crippen LogP contribution < -0.4 is 0 Å². The van der Waals surface area contributed by atoms with Gasteiger partial charge in [0.15, 0.2) is 0 Å². The highest BCUT2D eigenvalue weighted by atomic mass is 19.5. The molecule has 0 aliphatic rings. The van der Waals surface area contributed by atoms with Crippen LogP contribution in [0.3, 0.4) is 0 Å². The molecule has 0 aliphatic carbocycles. The maximum Gasteiger partial charge on any atom is 0.459 e. The van der Waals surface area contributed by atoms with E-state index in [9.17, 15) is 110 Å². The van der Waals surface area contributed by atoms with Crippen LogP contribution in [-0.2, 0) is 29.6 Å². The van der Waals surface area contributed by atoms with Gasteiger partial charge in [0.2, 0.25) is 0 Å². The molecule has 1 rings (SSSR count). The molecule has 0 bridgehead atoms. The van der Waals surface area contributed by atoms with Crippen molar-refractivity contribution in [3.8, 4) is 0 Å². The molecular weight excluding hydrogens is 669 g/mol. The Kier molecular flexibility index (Phi) is 8.17. The van der Waals surface area contributed by atoms with Crippen molar-refractivity contribution >= 4 is 0 Å². The molecule has 26 heteroatoms. The van der Waals surface area contributed by atoms with Crippen molar-refractivity contribution in [2.24, 2.45) is 0 Å². The normalized spacial score (nSPS) is 15.9. The monoisotopic (exact) mass is 669 g/mol. The van der Waals surface area contributed by atoms with E-state index in [1.165, 1.54) is 0 Å². The van der Waals surface area contributed by atoms with Gasteiger partial charge in [-0.2, -0.15) is 110 Å². The Hall–Kier alpha value is -2.60. The first-order valence-electron chi connectivity index (χ1n) is 8.67. The van der Waals surface area contributed by atoms with Gasteiger partial charge < -0.3 is 0 Å². The molecule has 0 unspecified atom stereocenters. The minimum atomic E-state index is -8.48. The van der Waals surface area contributed by atoms with E-state index in [2.05, 4.69) is 0 Å². The van der Waals surface area contributed by atoms with Crippen molar-refractivity contribution in [2.45, 2.75) is 60.5 Å². The Balaban J connectivity index is 5.22. The summed E-state index contributed by atoms with van der Waals surface area (Å²) < 4.78 is 333. The zero-order valence-corrected chi connectivity index (χ0v) is 17.4. The highest BCUT2D eigenvalue weighted by Gasteiger charge is 2.76. The second-order valence-electron chi connectivity index (χ2n) is 7.29. The van der Waals surface area contributed by atoms with Crippen molar-refractivity contribution < 1.29 is 110 Å². The van der Waals surface area contributed by atoms with Crippen molar-refractivity contribution in [1.29, 1.82) is 0 Å². The highest BCUT2D eigenvalue weighted by Crippen LogP contribution is 2.62. The minimum absolute atomic E-state index is 0.464. The molecule has 0 fully saturated rings. The molecule has 0 saturated carbocycles. The third-order valence-corrected chi connectivity index (χ3v) is 4.51. The summed E-state index contributed by atoms with van der Waals surface area (Å²) in [6, 6.07) is 0. The lowest BCUT2D eigenvalue weighted by Crippen LogP contribution is -2.50. The number of rotatable bonds is 5. The van der Waals surface area contributed by atoms with Gasteiger partial charge in [0.05, 0.1) is 16.7 Å². The summed E-state index contributed by atoms with van der Waals surface area (Å²) in [6.45, 7) is 0. The van der Waals surface area contributed by atoms with E-state index in [0.717, 1.165) is 0 Å². The third kappa shape index (κ3) is 5.49. The van der Waals surface area contributed by atoms with Crippen molar-refractivity contribution in [3.63, 3.8) is 0 Å². The van der Waals surface area contributed by atoms with E-state index in [1.54, 1.807) is 0 Å². The second-order valence-corrected chi connectivity index (χ2v) is 7.29. The van der Waals surface area contributed by atoms with Gasteiger partial charge in [-0.3, -0.25) is 0 Å². The molecule has 1 nitrogen and oxygen atoms in total. The van der Waals surface area contributed by atoms with Crippen LogP contribution in [0.5, 0.6) is 0 Å². The SMILES string of the molecule is FC(F)(F)C(F)(F)c1nc(C(F)(F)C(F)(F)F)c(C(F)(F)C(F)(F)F)c(C(F)(F)C(F)(F)F)c1C(F)(F)C(F)(F)F. The lowest BCUT2D eigenvalue weighted by Gasteiger charge is -2.36. The molecule has 1 heterocycles. The second kappa shape index (κ2) is 9.20. The third-order valence-electron chi connectivity index (χ3n) is 4.51. The summed E-state index contributed by atoms with van der Waals surface area (Å²) in [5.41, 5.74) is -27.5. The van der Waals surface area contributed by atoms with Gasteiger partial charge in [-0.15, -0.1) is 0 Å². The first-order chi connectivity index (χ1) is 17.3. The summed E-state index contributed by atoms with van der Waals surface area (Å²) in [5.74, 6) is -41.2. The van der Waals surface area contributed by atoms with Crippen LogP contribution in [0.25, 0.3) is 0 Å². The van der Waals surface area contributed by atoms with E-state index in [0.29, 0.717) is 4.98 Å². The molecule has 0 spiro atoms. The lowest BCUT2D eigenvalue weighted by atomic mass is 9.83. The Morgan fingerprint density at radius 1 is 0.244 bits per heavy atom. The van der Waals surface area contributed by atoms with Crippen LogP contribution >= 0.6 is 0 Å². The smallest absolute Gasteiger partial charge is 0.243 e. The Labute approximate surface area is 204 Å². The number of hydrogen-bond donors (Lipinski definition) is 0. The average Bonchev–Trinajstić information content (AvgIpc) is 2.67. The molecule has 0 amide bonds. The summed E-state index contributed by atoms with van der Waals surface area (Å²) in [5, 5.41) is 0. The van der Waals surface area contributed by atoms with Gasteiger partial charge in [-0.05, 0) is 0 Å². The molecule has 0 atom stereocenters. The van der Waals surface area contributed by atoms with Gasteiger partial charge in [0, 0.05) is 0 Å². The van der Waals surface area contributed by atoms with Crippen molar-refractivity contribution in [2.75, 3.05) is 0 Å². The van der Waals surface area contributed by atoms with Crippen LogP contribution in [0.15, 0.2) is 0 Å². The molecule has 0 saturated heterocycles. The standard InChI is InChI=1S/C15F25N/c16-6(17,11(26,27)28)1-2(7(18,19)12(29,30)31)4(9(22,23)14(35,36)37)41-5(10(24,25)15(38,39)40)3(1)8(20,21)13(32,33)34. The summed E-state index contributed by atoms with van der Waals surface area (Å²) >= 11 is 0. The molecule has 240 valence electrons. The largest absolute Gasteiger partial charge is 0.459 e. The van der Waals surface area contributed by atoms with E-state index in [-0.39, 0.29) is 0 Å². The van der Waals surface area contributed by atoms with Crippen LogP contribution in [-0.4, -0.2) is 35.9 Å². The van der Waals surface area contributed by atoms with Gasteiger partial charge in [-0.1, -0.05) is 0 Å². The van der Waals surface area contributed by atoms with E-state index in [4.69, 9.17) is 0 Å². The van der Waals surface area contributed by atoms with E-state index in [1.807, 2.05) is 0 Å². The van der Waals surface area contributed by atoms with Crippen LogP contribution in [0.1, 0.15) is 28.1 Å². The Morgan fingerprint density at radius 3 is 0.585 bits per heavy atom. The number of nitrogens with zero attached hydrogens (tertiary/aromatic N) is 1. The number of hydrogen-bond acceptors (Lipinski definition) is 1. The predicted octanol–water partition coefficient (Wildman–Crippen LogP) is 9.35. The Bertz CT molecular complexity index is 1060. The van der Waals surface area contributed by atoms with Gasteiger partial charge in [0.1, 0.15) is 11.4 Å². The number of aromatic nitrogens is 1. The first-order valence-corrected chi connectivity index (χ1v) is 8.67. The Morgan fingerprint density at radius 2 is 0.415 bits per heavy atom. The molecule has 0 radical (unpaired) electrons. The highest BCUT2D eigenvalue weighted by molar-refractivity contribution is 5.52. The number of alkyl halides is 25. The number of halogens is 25. The molecule has 1 aromatic rings. The fourth-order valence-electron chi connectivity index (χ4n) is 2.66. The van der Waals surface area contributed by atoms with Crippen LogP contribution in [0.2, 0.25) is 0 Å². The van der Waals surface area contributed by atoms with Crippen LogP contribution in [0.4, 0.5) is 110 Å². The maximum absolute atomic E-state index is 14.1. The molecule has 0 aliphatic heterocycles. The summed E-state index contributed by atoms with van der Waals surface area (Å²) in [6.07, 6.45) is -40.5. The quantitative estimate of drug-likeness (QED) is 0.285. The fourth-order valence-corrected chi connectivity index (χ4v) is 2.66. The minimum Gasteiger partial charge on any atom is -0.243 e. The van der Waals surface area contributed by atoms with E-state index < -0.39 is 88.6 Å². The van der Waals surface area contributed by atoms with Gasteiger partial charge >= 0.3 is 60.5 Å². The van der Waals surface area contributed by atoms with Crippen LogP contribution in [0, 0.1) is 0 Å². The fraction of sp³-hybridized carbons (Fsp3) is 0.667. The molecule has 1 aromatic heterocycles. The van der Waals surface area contributed by atoms with Crippen molar-refractivity contribution in [3.05, 3.63) is 28.1 Å². The average molecular weight is 669 g/mol.